The van der Waals surface area contributed by atoms with E-state index < -0.39 is 11.6 Å². The number of benzene rings is 1. The second-order valence-corrected chi connectivity index (χ2v) is 5.62. The second kappa shape index (κ2) is 6.77. The molecule has 1 aliphatic heterocycles. The number of aromatic nitrogens is 2. The van der Waals surface area contributed by atoms with Crippen molar-refractivity contribution in [3.63, 3.8) is 0 Å². The number of hydrogen-bond donors (Lipinski definition) is 2. The summed E-state index contributed by atoms with van der Waals surface area (Å²) in [5.74, 6) is -1.85. The third-order valence-corrected chi connectivity index (χ3v) is 3.80. The summed E-state index contributed by atoms with van der Waals surface area (Å²) in [5.41, 5.74) is 0.332. The molecule has 126 valence electrons. The van der Waals surface area contributed by atoms with Crippen molar-refractivity contribution in [2.24, 2.45) is 0 Å². The van der Waals surface area contributed by atoms with Crippen LogP contribution in [0.15, 0.2) is 30.5 Å². The molecule has 1 aromatic heterocycles. The van der Waals surface area contributed by atoms with Crippen molar-refractivity contribution in [1.29, 1.82) is 0 Å². The van der Waals surface area contributed by atoms with Crippen LogP contribution in [0.3, 0.4) is 0 Å². The first-order valence-electron chi connectivity index (χ1n) is 7.61. The molecule has 6 nitrogen and oxygen atoms in total. The fraction of sp³-hybridized carbons (Fsp3) is 0.312. The lowest BCUT2D eigenvalue weighted by Crippen LogP contribution is -2.35. The summed E-state index contributed by atoms with van der Waals surface area (Å²) in [4.78, 5) is 23.5. The Morgan fingerprint density at radius 2 is 2.00 bits per heavy atom. The maximum Gasteiger partial charge on any atom is 0.272 e. The predicted octanol–water partition coefficient (Wildman–Crippen LogP) is 1.55. The molecule has 1 aliphatic rings. The number of nitrogens with zero attached hydrogens (tertiary/aromatic N) is 2. The van der Waals surface area contributed by atoms with Gasteiger partial charge in [0.05, 0.1) is 5.69 Å². The summed E-state index contributed by atoms with van der Waals surface area (Å²) in [6, 6.07) is 4.37. The van der Waals surface area contributed by atoms with E-state index in [1.807, 2.05) is 0 Å². The number of hydrogen-bond acceptors (Lipinski definition) is 3. The Hall–Kier alpha value is -2.77. The minimum atomic E-state index is -0.720. The second-order valence-electron chi connectivity index (χ2n) is 5.62. The summed E-state index contributed by atoms with van der Waals surface area (Å²) in [7, 11) is 0. The molecule has 2 heterocycles. The van der Waals surface area contributed by atoms with Gasteiger partial charge >= 0.3 is 0 Å². The zero-order chi connectivity index (χ0) is 17.1. The SMILES string of the molecule is O=C1CCC(NC(=O)c2ccn(-c3cc(F)cc(F)c3)n2)CCN1. The number of carbonyl (C=O) groups is 2. The van der Waals surface area contributed by atoms with E-state index in [9.17, 15) is 18.4 Å². The molecule has 0 radical (unpaired) electrons. The quantitative estimate of drug-likeness (QED) is 0.894. The maximum absolute atomic E-state index is 13.3. The Bertz CT molecular complexity index is 755. The summed E-state index contributed by atoms with van der Waals surface area (Å²) < 4.78 is 27.8. The summed E-state index contributed by atoms with van der Waals surface area (Å²) >= 11 is 0. The van der Waals surface area contributed by atoms with Crippen LogP contribution in [0.5, 0.6) is 0 Å². The average molecular weight is 334 g/mol. The Kier molecular flexibility index (Phi) is 4.54. The van der Waals surface area contributed by atoms with Gasteiger partial charge in [0, 0.05) is 31.3 Å². The zero-order valence-corrected chi connectivity index (χ0v) is 12.8. The van der Waals surface area contributed by atoms with E-state index in [1.54, 1.807) is 0 Å². The monoisotopic (exact) mass is 334 g/mol. The molecule has 0 spiro atoms. The number of halogens is 2. The lowest BCUT2D eigenvalue weighted by molar-refractivity contribution is -0.120. The highest BCUT2D eigenvalue weighted by Gasteiger charge is 2.19. The number of carbonyl (C=O) groups excluding carboxylic acids is 2. The van der Waals surface area contributed by atoms with Crippen LogP contribution < -0.4 is 10.6 Å². The molecule has 2 aromatic rings. The molecule has 1 saturated heterocycles. The molecular formula is C16H16F2N4O2. The third kappa shape index (κ3) is 3.76. The van der Waals surface area contributed by atoms with Crippen LogP contribution in [0, 0.1) is 11.6 Å². The molecule has 0 bridgehead atoms. The molecule has 2 amide bonds. The smallest absolute Gasteiger partial charge is 0.272 e. The molecular weight excluding hydrogens is 318 g/mol. The summed E-state index contributed by atoms with van der Waals surface area (Å²) in [5, 5.41) is 9.63. The summed E-state index contributed by atoms with van der Waals surface area (Å²) in [6.07, 6.45) is 3.03. The van der Waals surface area contributed by atoms with Gasteiger partial charge in [0.15, 0.2) is 5.69 Å². The van der Waals surface area contributed by atoms with Gasteiger partial charge in [-0.1, -0.05) is 0 Å². The molecule has 0 saturated carbocycles. The minimum Gasteiger partial charge on any atom is -0.356 e. The van der Waals surface area contributed by atoms with Crippen LogP contribution in [0.1, 0.15) is 29.8 Å². The highest BCUT2D eigenvalue weighted by molar-refractivity contribution is 5.92. The van der Waals surface area contributed by atoms with E-state index in [2.05, 4.69) is 15.7 Å². The zero-order valence-electron chi connectivity index (χ0n) is 12.8. The number of amides is 2. The molecule has 1 unspecified atom stereocenters. The van der Waals surface area contributed by atoms with E-state index in [0.29, 0.717) is 25.8 Å². The van der Waals surface area contributed by atoms with E-state index >= 15 is 0 Å². The van der Waals surface area contributed by atoms with Crippen molar-refractivity contribution in [1.82, 2.24) is 20.4 Å². The topological polar surface area (TPSA) is 76.0 Å². The van der Waals surface area contributed by atoms with Gasteiger partial charge in [-0.2, -0.15) is 5.10 Å². The van der Waals surface area contributed by atoms with Gasteiger partial charge in [-0.3, -0.25) is 9.59 Å². The van der Waals surface area contributed by atoms with E-state index in [0.717, 1.165) is 18.2 Å². The van der Waals surface area contributed by atoms with E-state index in [1.165, 1.54) is 16.9 Å². The molecule has 1 fully saturated rings. The highest BCUT2D eigenvalue weighted by atomic mass is 19.1. The van der Waals surface area contributed by atoms with Crippen molar-refractivity contribution < 1.29 is 18.4 Å². The van der Waals surface area contributed by atoms with E-state index in [4.69, 9.17) is 0 Å². The highest BCUT2D eigenvalue weighted by Crippen LogP contribution is 2.13. The van der Waals surface area contributed by atoms with Crippen molar-refractivity contribution >= 4 is 11.8 Å². The van der Waals surface area contributed by atoms with Crippen molar-refractivity contribution in [3.05, 3.63) is 47.8 Å². The first kappa shape index (κ1) is 16.1. The van der Waals surface area contributed by atoms with Crippen molar-refractivity contribution in [3.8, 4) is 5.69 Å². The lowest BCUT2D eigenvalue weighted by atomic mass is 10.1. The fourth-order valence-electron chi connectivity index (χ4n) is 2.59. The van der Waals surface area contributed by atoms with Gasteiger partial charge < -0.3 is 10.6 Å². The fourth-order valence-corrected chi connectivity index (χ4v) is 2.59. The van der Waals surface area contributed by atoms with Gasteiger partial charge in [0.2, 0.25) is 5.91 Å². The Balaban J connectivity index is 1.70. The molecule has 1 aromatic carbocycles. The van der Waals surface area contributed by atoms with Crippen LogP contribution in [0.4, 0.5) is 8.78 Å². The van der Waals surface area contributed by atoms with Gasteiger partial charge in [-0.25, -0.2) is 13.5 Å². The normalized spacial score (nSPS) is 17.9. The van der Waals surface area contributed by atoms with Crippen LogP contribution >= 0.6 is 0 Å². The molecule has 24 heavy (non-hydrogen) atoms. The lowest BCUT2D eigenvalue weighted by Gasteiger charge is -2.14. The van der Waals surface area contributed by atoms with Crippen LogP contribution in [0.25, 0.3) is 5.69 Å². The van der Waals surface area contributed by atoms with Crippen LogP contribution in [-0.2, 0) is 4.79 Å². The third-order valence-electron chi connectivity index (χ3n) is 3.80. The Morgan fingerprint density at radius 1 is 1.25 bits per heavy atom. The maximum atomic E-state index is 13.3. The first-order chi connectivity index (χ1) is 11.5. The molecule has 2 N–H and O–H groups in total. The number of rotatable bonds is 3. The summed E-state index contributed by atoms with van der Waals surface area (Å²) in [6.45, 7) is 0.515. The predicted molar refractivity (Wildman–Crippen MR) is 81.6 cm³/mol. The Labute approximate surface area is 136 Å². The van der Waals surface area contributed by atoms with E-state index in [-0.39, 0.29) is 29.2 Å². The largest absolute Gasteiger partial charge is 0.356 e. The van der Waals surface area contributed by atoms with Gasteiger partial charge in [0.1, 0.15) is 11.6 Å². The van der Waals surface area contributed by atoms with Crippen molar-refractivity contribution in [2.45, 2.75) is 25.3 Å². The van der Waals surface area contributed by atoms with Gasteiger partial charge in [-0.05, 0) is 31.0 Å². The molecule has 0 aliphatic carbocycles. The van der Waals surface area contributed by atoms with Crippen LogP contribution in [0.2, 0.25) is 0 Å². The molecule has 3 rings (SSSR count). The minimum absolute atomic E-state index is 0.0239. The Morgan fingerprint density at radius 3 is 2.75 bits per heavy atom. The number of nitrogens with one attached hydrogen (secondary N) is 2. The van der Waals surface area contributed by atoms with Crippen molar-refractivity contribution in [2.75, 3.05) is 6.54 Å². The average Bonchev–Trinajstić information content (AvgIpc) is 2.93. The van der Waals surface area contributed by atoms with Crippen LogP contribution in [-0.4, -0.2) is 34.2 Å². The first-order valence-corrected chi connectivity index (χ1v) is 7.61. The van der Waals surface area contributed by atoms with Gasteiger partial charge in [-0.15, -0.1) is 0 Å². The standard InChI is InChI=1S/C16H16F2N4O2/c17-10-7-11(18)9-13(8-10)22-6-4-14(21-22)16(24)20-12-1-2-15(23)19-5-3-12/h4,6-9,12H,1-3,5H2,(H,19,23)(H,20,24). The van der Waals surface area contributed by atoms with Gasteiger partial charge in [0.25, 0.3) is 5.91 Å². The molecule has 1 atom stereocenters. The molecule has 8 heteroatoms.